The van der Waals surface area contributed by atoms with Crippen molar-refractivity contribution in [2.45, 2.75) is 52.7 Å². The highest BCUT2D eigenvalue weighted by atomic mass is 16.5. The Labute approximate surface area is 205 Å². The zero-order chi connectivity index (χ0) is 25.2. The van der Waals surface area contributed by atoms with Gasteiger partial charge in [0.15, 0.2) is 5.65 Å². The van der Waals surface area contributed by atoms with Crippen molar-refractivity contribution in [3.05, 3.63) is 71.3 Å². The molecule has 9 heteroatoms. The lowest BCUT2D eigenvalue weighted by molar-refractivity contribution is 0.171. The van der Waals surface area contributed by atoms with Gasteiger partial charge in [0.05, 0.1) is 12.2 Å². The number of hydrogen-bond donors (Lipinski definition) is 3. The van der Waals surface area contributed by atoms with Crippen LogP contribution in [0.3, 0.4) is 0 Å². The molecule has 9 nitrogen and oxygen atoms in total. The van der Waals surface area contributed by atoms with E-state index in [0.717, 1.165) is 41.2 Å². The van der Waals surface area contributed by atoms with Gasteiger partial charge in [-0.2, -0.15) is 0 Å². The van der Waals surface area contributed by atoms with Crippen molar-refractivity contribution in [3.63, 3.8) is 0 Å². The molecule has 0 unspecified atom stereocenters. The molecule has 1 aliphatic rings. The molecule has 2 heterocycles. The molecule has 1 aliphatic carbocycles. The van der Waals surface area contributed by atoms with Crippen molar-refractivity contribution in [1.82, 2.24) is 25.2 Å². The van der Waals surface area contributed by atoms with Crippen molar-refractivity contribution in [1.29, 1.82) is 0 Å². The first-order chi connectivity index (χ1) is 16.7. The number of amides is 2. The minimum absolute atomic E-state index is 0.121. The van der Waals surface area contributed by atoms with Gasteiger partial charge in [0.1, 0.15) is 23.5 Å². The third-order valence-corrected chi connectivity index (χ3v) is 6.21. The third kappa shape index (κ3) is 5.45. The predicted molar refractivity (Wildman–Crippen MR) is 136 cm³/mol. The molecule has 0 bridgehead atoms. The average molecular weight is 476 g/mol. The molecule has 0 saturated carbocycles. The molecular weight excluding hydrogens is 442 g/mol. The fourth-order valence-corrected chi connectivity index (χ4v) is 4.07. The highest BCUT2D eigenvalue weighted by Crippen LogP contribution is 2.38. The number of aromatic nitrogens is 3. The molecule has 35 heavy (non-hydrogen) atoms. The van der Waals surface area contributed by atoms with Gasteiger partial charge >= 0.3 is 6.03 Å². The van der Waals surface area contributed by atoms with Crippen molar-refractivity contribution in [2.75, 3.05) is 7.05 Å². The Kier molecular flexibility index (Phi) is 6.77. The number of allylic oxidation sites excluding steroid dienone is 1. The lowest BCUT2D eigenvalue weighted by atomic mass is 9.85. The van der Waals surface area contributed by atoms with Crippen LogP contribution in [0.15, 0.2) is 59.4 Å². The maximum atomic E-state index is 12.8. The molecule has 0 fully saturated rings. The summed E-state index contributed by atoms with van der Waals surface area (Å²) in [6.45, 7) is 7.93. The van der Waals surface area contributed by atoms with E-state index in [9.17, 15) is 4.79 Å². The van der Waals surface area contributed by atoms with Crippen LogP contribution in [-0.4, -0.2) is 33.5 Å². The fourth-order valence-electron chi connectivity index (χ4n) is 4.07. The second kappa shape index (κ2) is 9.77. The summed E-state index contributed by atoms with van der Waals surface area (Å²) in [4.78, 5) is 17.0. The smallest absolute Gasteiger partial charge is 0.320 e. The molecule has 2 amide bonds. The number of carbonyl (C=O) groups is 1. The first-order valence-corrected chi connectivity index (χ1v) is 11.7. The van der Waals surface area contributed by atoms with Crippen LogP contribution >= 0.6 is 0 Å². The molecule has 2 aromatic heterocycles. The third-order valence-electron chi connectivity index (χ3n) is 6.21. The van der Waals surface area contributed by atoms with E-state index >= 15 is 0 Å². The van der Waals surface area contributed by atoms with Gasteiger partial charge in [0.2, 0.25) is 0 Å². The number of aryl methyl sites for hydroxylation is 1. The molecule has 0 radical (unpaired) electrons. The van der Waals surface area contributed by atoms with Crippen LogP contribution in [-0.2, 0) is 0 Å². The molecule has 1 aromatic carbocycles. The van der Waals surface area contributed by atoms with Crippen LogP contribution in [0.4, 0.5) is 4.79 Å². The summed E-state index contributed by atoms with van der Waals surface area (Å²) >= 11 is 0. The Bertz CT molecular complexity index is 1290. The Hall–Kier alpha value is -3.88. The number of nitrogens with zero attached hydrogens (tertiary/aromatic N) is 4. The quantitative estimate of drug-likeness (QED) is 0.386. The van der Waals surface area contributed by atoms with Gasteiger partial charge in [0.25, 0.3) is 0 Å². The van der Waals surface area contributed by atoms with Crippen molar-refractivity contribution >= 4 is 17.5 Å². The number of benzene rings is 1. The van der Waals surface area contributed by atoms with E-state index in [1.165, 1.54) is 0 Å². The summed E-state index contributed by atoms with van der Waals surface area (Å²) in [5.74, 6) is 1.97. The Morgan fingerprint density at radius 3 is 2.63 bits per heavy atom. The number of pyridine rings is 1. The van der Waals surface area contributed by atoms with E-state index in [4.69, 9.17) is 10.5 Å². The van der Waals surface area contributed by atoms with Gasteiger partial charge in [-0.25, -0.2) is 4.79 Å². The number of nitrogens with one attached hydrogen (secondary N) is 2. The minimum Gasteiger partial charge on any atom is -0.484 e. The van der Waals surface area contributed by atoms with Crippen LogP contribution in [0, 0.1) is 12.3 Å². The maximum Gasteiger partial charge on any atom is 0.320 e. The number of rotatable bonds is 4. The van der Waals surface area contributed by atoms with Gasteiger partial charge in [-0.3, -0.25) is 14.7 Å². The summed E-state index contributed by atoms with van der Waals surface area (Å²) in [6.07, 6.45) is 4.98. The van der Waals surface area contributed by atoms with E-state index in [-0.39, 0.29) is 23.6 Å². The number of hydrogen-bond acceptors (Lipinski definition) is 6. The molecule has 0 aliphatic heterocycles. The highest BCUT2D eigenvalue weighted by Gasteiger charge is 2.29. The Morgan fingerprint density at radius 2 is 1.91 bits per heavy atom. The number of aliphatic imine (C=N–C) groups is 1. The van der Waals surface area contributed by atoms with Crippen LogP contribution in [0.5, 0.6) is 5.75 Å². The first-order valence-electron chi connectivity index (χ1n) is 11.7. The van der Waals surface area contributed by atoms with Gasteiger partial charge in [0, 0.05) is 18.2 Å². The Balaban J connectivity index is 1.47. The van der Waals surface area contributed by atoms with Crippen LogP contribution < -0.4 is 21.1 Å². The van der Waals surface area contributed by atoms with Crippen LogP contribution in [0.1, 0.15) is 62.7 Å². The topological polar surface area (TPSA) is 119 Å². The number of nitrogens with two attached hydrogens (primary N) is 1. The molecular formula is C26H33N7O2. The number of amidine groups is 1. The minimum atomic E-state index is -0.323. The van der Waals surface area contributed by atoms with Crippen molar-refractivity contribution in [3.8, 4) is 5.75 Å². The lowest BCUT2D eigenvalue weighted by Gasteiger charge is -2.32. The molecule has 2 atom stereocenters. The zero-order valence-corrected chi connectivity index (χ0v) is 20.9. The Morgan fingerprint density at radius 1 is 1.17 bits per heavy atom. The highest BCUT2D eigenvalue weighted by molar-refractivity contribution is 6.04. The van der Waals surface area contributed by atoms with Gasteiger partial charge < -0.3 is 15.8 Å². The van der Waals surface area contributed by atoms with E-state index in [0.29, 0.717) is 11.5 Å². The maximum absolute atomic E-state index is 12.8. The molecule has 4 rings (SSSR count). The second-order valence-corrected chi connectivity index (χ2v) is 9.76. The molecule has 184 valence electrons. The zero-order valence-electron chi connectivity index (χ0n) is 20.9. The van der Waals surface area contributed by atoms with E-state index in [2.05, 4.69) is 31.9 Å². The van der Waals surface area contributed by atoms with Gasteiger partial charge in [-0.05, 0) is 49.1 Å². The fraction of sp³-hybridized carbons (Fsp3) is 0.385. The summed E-state index contributed by atoms with van der Waals surface area (Å²) in [5.41, 5.74) is 9.45. The number of urea groups is 1. The SMILES string of the molecule is CN=C(C=C(N)C(C)(C)C)NC(=O)N[C@H]1CC[C@@H](Oc2ccc3nnc(C)n3c2)c2ccccc21. The first kappa shape index (κ1) is 24.3. The summed E-state index contributed by atoms with van der Waals surface area (Å²) in [5, 5.41) is 14.1. The van der Waals surface area contributed by atoms with Crippen LogP contribution in [0.2, 0.25) is 0 Å². The van der Waals surface area contributed by atoms with Crippen molar-refractivity contribution < 1.29 is 9.53 Å². The van der Waals surface area contributed by atoms with Crippen LogP contribution in [0.25, 0.3) is 5.65 Å². The molecule has 3 aromatic rings. The second-order valence-electron chi connectivity index (χ2n) is 9.76. The standard InChI is InChI=1S/C26H33N7O2/c1-16-31-32-24-13-10-17(15-33(16)24)35-21-12-11-20(18-8-6-7-9-19(18)21)29-25(34)30-23(28-5)14-22(27)26(2,3)4/h6-10,13-15,20-21H,11-12,27H2,1-5H3,(H2,28,29,30,34)/t20-,21+/m0/s1. The summed E-state index contributed by atoms with van der Waals surface area (Å²) < 4.78 is 8.29. The molecule has 0 saturated heterocycles. The largest absolute Gasteiger partial charge is 0.484 e. The van der Waals surface area contributed by atoms with E-state index in [1.807, 2.05) is 68.6 Å². The molecule has 4 N–H and O–H groups in total. The van der Waals surface area contributed by atoms with E-state index in [1.54, 1.807) is 13.1 Å². The summed E-state index contributed by atoms with van der Waals surface area (Å²) in [7, 11) is 1.62. The normalized spacial score (nSPS) is 18.8. The number of fused-ring (bicyclic) bond motifs is 2. The number of ether oxygens (including phenoxy) is 1. The van der Waals surface area contributed by atoms with E-state index < -0.39 is 0 Å². The van der Waals surface area contributed by atoms with Crippen molar-refractivity contribution in [2.24, 2.45) is 16.1 Å². The lowest BCUT2D eigenvalue weighted by Crippen LogP contribution is -2.42. The van der Waals surface area contributed by atoms with Gasteiger partial charge in [-0.15, -0.1) is 10.2 Å². The van der Waals surface area contributed by atoms with Gasteiger partial charge in [-0.1, -0.05) is 45.0 Å². The summed E-state index contributed by atoms with van der Waals surface area (Å²) in [6, 6.07) is 11.4. The monoisotopic (exact) mass is 475 g/mol. The predicted octanol–water partition coefficient (Wildman–Crippen LogP) is 4.21. The average Bonchev–Trinajstić information content (AvgIpc) is 3.19. The molecule has 0 spiro atoms. The number of carbonyl (C=O) groups excluding carboxylic acids is 1.